The minimum atomic E-state index is -0.975. The first-order chi connectivity index (χ1) is 12.9. The number of carbonyl (C=O) groups is 2. The van der Waals surface area contributed by atoms with Crippen LogP contribution < -0.4 is 4.74 Å². The number of rotatable bonds is 7. The van der Waals surface area contributed by atoms with Crippen LogP contribution in [0.25, 0.3) is 10.9 Å². The highest BCUT2D eigenvalue weighted by atomic mass is 79.9. The Morgan fingerprint density at radius 2 is 1.81 bits per heavy atom. The van der Waals surface area contributed by atoms with Crippen LogP contribution in [0.3, 0.4) is 0 Å². The summed E-state index contributed by atoms with van der Waals surface area (Å²) in [7, 11) is 1.58. The normalized spacial score (nSPS) is 10.9. The summed E-state index contributed by atoms with van der Waals surface area (Å²) in [5.74, 6) is -0.476. The highest BCUT2D eigenvalue weighted by Crippen LogP contribution is 2.31. The molecule has 6 heteroatoms. The second-order valence-corrected chi connectivity index (χ2v) is 7.29. The van der Waals surface area contributed by atoms with E-state index in [4.69, 9.17) is 9.84 Å². The van der Waals surface area contributed by atoms with Gasteiger partial charge in [-0.1, -0.05) is 28.1 Å². The van der Waals surface area contributed by atoms with Gasteiger partial charge in [0.05, 0.1) is 13.5 Å². The van der Waals surface area contributed by atoms with Crippen molar-refractivity contribution >= 4 is 38.6 Å². The zero-order valence-corrected chi connectivity index (χ0v) is 16.7. The van der Waals surface area contributed by atoms with Crippen molar-refractivity contribution < 1.29 is 19.4 Å². The van der Waals surface area contributed by atoms with Crippen molar-refractivity contribution in [2.75, 3.05) is 7.11 Å². The lowest BCUT2D eigenvalue weighted by atomic mass is 10.0. The number of nitrogens with zero attached hydrogens (tertiary/aromatic N) is 1. The zero-order valence-electron chi connectivity index (χ0n) is 15.2. The van der Waals surface area contributed by atoms with Gasteiger partial charge in [-0.25, -0.2) is 0 Å². The fourth-order valence-electron chi connectivity index (χ4n) is 3.26. The van der Waals surface area contributed by atoms with Gasteiger partial charge in [-0.3, -0.25) is 9.59 Å². The predicted octanol–water partition coefficient (Wildman–Crippen LogP) is 4.82. The number of carbonyl (C=O) groups excluding carboxylic acids is 1. The average Bonchev–Trinajstić information content (AvgIpc) is 2.92. The van der Waals surface area contributed by atoms with Gasteiger partial charge in [-0.2, -0.15) is 0 Å². The van der Waals surface area contributed by atoms with Gasteiger partial charge in [0, 0.05) is 39.6 Å². The number of aromatic nitrogens is 1. The molecule has 1 heterocycles. The van der Waals surface area contributed by atoms with Crippen molar-refractivity contribution in [1.29, 1.82) is 0 Å². The predicted molar refractivity (Wildman–Crippen MR) is 108 cm³/mol. The van der Waals surface area contributed by atoms with E-state index >= 15 is 0 Å². The van der Waals surface area contributed by atoms with Crippen LogP contribution in [0.5, 0.6) is 5.75 Å². The molecule has 0 atom stereocenters. The summed E-state index contributed by atoms with van der Waals surface area (Å²) in [5, 5.41) is 9.71. The van der Waals surface area contributed by atoms with Gasteiger partial charge in [0.1, 0.15) is 5.75 Å². The molecular weight excluding hydrogens is 410 g/mol. The Hall–Kier alpha value is -2.60. The molecule has 3 aromatic rings. The maximum atomic E-state index is 12.8. The molecule has 0 saturated heterocycles. The Labute approximate surface area is 165 Å². The summed E-state index contributed by atoms with van der Waals surface area (Å²) in [6.45, 7) is 2.52. The molecule has 0 aliphatic heterocycles. The van der Waals surface area contributed by atoms with Crippen molar-refractivity contribution in [2.24, 2.45) is 0 Å². The molecule has 1 N–H and O–H groups in total. The molecule has 0 aliphatic carbocycles. The molecule has 0 unspecified atom stereocenters. The standard InChI is InChI=1S/C21H20BrNO4/c1-13-21(19(24)9-10-20(25)26)17-11-16(27-2)7-8-18(17)23(13)12-14-3-5-15(22)6-4-14/h3-8,11H,9-10,12H2,1-2H3,(H,25,26). The Kier molecular flexibility index (Phi) is 5.65. The molecule has 0 spiro atoms. The van der Waals surface area contributed by atoms with E-state index in [-0.39, 0.29) is 18.6 Å². The summed E-state index contributed by atoms with van der Waals surface area (Å²) in [6, 6.07) is 13.7. The number of methoxy groups -OCH3 is 1. The third kappa shape index (κ3) is 4.06. The second kappa shape index (κ2) is 7.96. The summed E-state index contributed by atoms with van der Waals surface area (Å²) in [4.78, 5) is 23.6. The number of hydrogen-bond donors (Lipinski definition) is 1. The number of halogens is 1. The van der Waals surface area contributed by atoms with Crippen molar-refractivity contribution in [3.05, 3.63) is 63.8 Å². The minimum absolute atomic E-state index is 0.0230. The average molecular weight is 430 g/mol. The van der Waals surface area contributed by atoms with E-state index in [1.165, 1.54) is 0 Å². The number of carboxylic acid groups (broad SMARTS) is 1. The van der Waals surface area contributed by atoms with E-state index < -0.39 is 5.97 Å². The fraction of sp³-hybridized carbons (Fsp3) is 0.238. The summed E-state index contributed by atoms with van der Waals surface area (Å²) in [5.41, 5.74) is 3.44. The van der Waals surface area contributed by atoms with Crippen molar-refractivity contribution in [3.63, 3.8) is 0 Å². The molecule has 5 nitrogen and oxygen atoms in total. The van der Waals surface area contributed by atoms with Gasteiger partial charge in [0.15, 0.2) is 5.78 Å². The molecular formula is C21H20BrNO4. The molecule has 0 amide bonds. The van der Waals surface area contributed by atoms with Crippen LogP contribution in [0.4, 0.5) is 0 Å². The molecule has 27 heavy (non-hydrogen) atoms. The highest BCUT2D eigenvalue weighted by molar-refractivity contribution is 9.10. The van der Waals surface area contributed by atoms with Gasteiger partial charge >= 0.3 is 5.97 Å². The first-order valence-corrected chi connectivity index (χ1v) is 9.36. The van der Waals surface area contributed by atoms with Gasteiger partial charge in [0.2, 0.25) is 0 Å². The van der Waals surface area contributed by atoms with Gasteiger partial charge < -0.3 is 14.4 Å². The number of aliphatic carboxylic acids is 1. The second-order valence-electron chi connectivity index (χ2n) is 6.37. The smallest absolute Gasteiger partial charge is 0.303 e. The lowest BCUT2D eigenvalue weighted by Crippen LogP contribution is -2.07. The quantitative estimate of drug-likeness (QED) is 0.546. The monoisotopic (exact) mass is 429 g/mol. The maximum Gasteiger partial charge on any atom is 0.303 e. The number of ketones is 1. The summed E-state index contributed by atoms with van der Waals surface area (Å²) in [6.07, 6.45) is -0.202. The number of hydrogen-bond acceptors (Lipinski definition) is 3. The number of Topliss-reactive ketones (excluding diaryl/α,β-unsaturated/α-hetero) is 1. The van der Waals surface area contributed by atoms with Crippen LogP contribution in [0.15, 0.2) is 46.9 Å². The molecule has 0 bridgehead atoms. The van der Waals surface area contributed by atoms with Crippen molar-refractivity contribution in [1.82, 2.24) is 4.57 Å². The van der Waals surface area contributed by atoms with E-state index in [1.54, 1.807) is 7.11 Å². The molecule has 0 fully saturated rings. The fourth-order valence-corrected chi connectivity index (χ4v) is 3.53. The first-order valence-electron chi connectivity index (χ1n) is 8.57. The Morgan fingerprint density at radius 1 is 1.11 bits per heavy atom. The molecule has 3 rings (SSSR count). The van der Waals surface area contributed by atoms with E-state index in [9.17, 15) is 9.59 Å². The first kappa shape index (κ1) is 19.2. The molecule has 0 aliphatic rings. The molecule has 1 aromatic heterocycles. The lowest BCUT2D eigenvalue weighted by Gasteiger charge is -2.09. The van der Waals surface area contributed by atoms with E-state index in [2.05, 4.69) is 20.5 Å². The minimum Gasteiger partial charge on any atom is -0.497 e. The third-order valence-corrected chi connectivity index (χ3v) is 5.16. The van der Waals surface area contributed by atoms with Crippen molar-refractivity contribution in [3.8, 4) is 5.75 Å². The SMILES string of the molecule is COc1ccc2c(c1)c(C(=O)CCC(=O)O)c(C)n2Cc1ccc(Br)cc1. The van der Waals surface area contributed by atoms with Crippen LogP contribution in [0.2, 0.25) is 0 Å². The van der Waals surface area contributed by atoms with Gasteiger partial charge in [-0.15, -0.1) is 0 Å². The highest BCUT2D eigenvalue weighted by Gasteiger charge is 2.21. The summed E-state index contributed by atoms with van der Waals surface area (Å²) < 4.78 is 8.41. The maximum absolute atomic E-state index is 12.8. The van der Waals surface area contributed by atoms with Crippen LogP contribution in [0, 0.1) is 6.92 Å². The zero-order chi connectivity index (χ0) is 19.6. The Morgan fingerprint density at radius 3 is 2.44 bits per heavy atom. The van der Waals surface area contributed by atoms with E-state index in [1.807, 2.05) is 49.4 Å². The number of carboxylic acids is 1. The Balaban J connectivity index is 2.10. The third-order valence-electron chi connectivity index (χ3n) is 4.63. The molecule has 0 saturated carbocycles. The van der Waals surface area contributed by atoms with Crippen molar-refractivity contribution in [2.45, 2.75) is 26.3 Å². The lowest BCUT2D eigenvalue weighted by molar-refractivity contribution is -0.136. The van der Waals surface area contributed by atoms with Crippen LogP contribution >= 0.6 is 15.9 Å². The van der Waals surface area contributed by atoms with Crippen LogP contribution in [0.1, 0.15) is 34.5 Å². The Bertz CT molecular complexity index is 1010. The molecule has 2 aromatic carbocycles. The van der Waals surface area contributed by atoms with Gasteiger partial charge in [0.25, 0.3) is 0 Å². The number of benzene rings is 2. The van der Waals surface area contributed by atoms with Crippen LogP contribution in [-0.2, 0) is 11.3 Å². The molecule has 0 radical (unpaired) electrons. The van der Waals surface area contributed by atoms with Gasteiger partial charge in [-0.05, 0) is 42.8 Å². The molecule has 140 valence electrons. The van der Waals surface area contributed by atoms with E-state index in [0.29, 0.717) is 17.9 Å². The number of fused-ring (bicyclic) bond motifs is 1. The summed E-state index contributed by atoms with van der Waals surface area (Å²) >= 11 is 3.44. The number of ether oxygens (including phenoxy) is 1. The topological polar surface area (TPSA) is 68.5 Å². The van der Waals surface area contributed by atoms with E-state index in [0.717, 1.165) is 26.6 Å². The van der Waals surface area contributed by atoms with Crippen LogP contribution in [-0.4, -0.2) is 28.5 Å². The largest absolute Gasteiger partial charge is 0.497 e.